The number of thioether (sulfide) groups is 1. The largest absolute Gasteiger partial charge is 0.299 e. The van der Waals surface area contributed by atoms with Crippen LogP contribution in [0.3, 0.4) is 0 Å². The van der Waals surface area contributed by atoms with E-state index in [2.05, 4.69) is 15.5 Å². The van der Waals surface area contributed by atoms with Gasteiger partial charge >= 0.3 is 0 Å². The second-order valence-corrected chi connectivity index (χ2v) is 8.79. The van der Waals surface area contributed by atoms with Crippen molar-refractivity contribution in [2.75, 3.05) is 22.1 Å². The van der Waals surface area contributed by atoms with E-state index in [4.69, 9.17) is 0 Å². The summed E-state index contributed by atoms with van der Waals surface area (Å²) in [5, 5.41) is 10.3. The molecule has 1 aromatic heterocycles. The van der Waals surface area contributed by atoms with Crippen LogP contribution in [0.4, 0.5) is 19.6 Å². The van der Waals surface area contributed by atoms with Crippen molar-refractivity contribution in [2.24, 2.45) is 0 Å². The molecule has 2 rings (SSSR count). The summed E-state index contributed by atoms with van der Waals surface area (Å²) in [7, 11) is -3.94. The van der Waals surface area contributed by atoms with Gasteiger partial charge in [0.15, 0.2) is 16.0 Å². The summed E-state index contributed by atoms with van der Waals surface area (Å²) >= 11 is 2.47. The lowest BCUT2D eigenvalue weighted by Gasteiger charge is -2.27. The Morgan fingerprint density at radius 2 is 2.00 bits per heavy atom. The highest BCUT2D eigenvalue weighted by Crippen LogP contribution is 2.26. The number of nitrogens with zero attached hydrogens (tertiary/aromatic N) is 3. The second kappa shape index (κ2) is 7.62. The van der Waals surface area contributed by atoms with Gasteiger partial charge in [0.2, 0.25) is 21.1 Å². The predicted molar refractivity (Wildman–Crippen MR) is 93.5 cm³/mol. The number of carbonyl (C=O) groups excluding carboxylic acids is 1. The number of amides is 1. The molecule has 1 amide bonds. The van der Waals surface area contributed by atoms with Gasteiger partial charge in [0.05, 0.1) is 11.9 Å². The molecule has 0 radical (unpaired) electrons. The number of sulfonamides is 1. The molecule has 12 heteroatoms. The fourth-order valence-corrected chi connectivity index (χ4v) is 4.32. The summed E-state index contributed by atoms with van der Waals surface area (Å²) in [4.78, 5) is 12.4. The molecular weight excluding hydrogens is 394 g/mol. The summed E-state index contributed by atoms with van der Waals surface area (Å²) in [6.07, 6.45) is 2.66. The number of aromatic nitrogens is 2. The fourth-order valence-electron chi connectivity index (χ4n) is 1.98. The first kappa shape index (κ1) is 19.5. The molecule has 0 aliphatic rings. The van der Waals surface area contributed by atoms with Gasteiger partial charge in [0, 0.05) is 6.07 Å². The Morgan fingerprint density at radius 1 is 1.32 bits per heavy atom. The number of benzene rings is 1. The quantitative estimate of drug-likeness (QED) is 0.583. The SMILES string of the molecule is CSc1nnc(NC(=O)[C@@H](C)N(c2ccc(F)c(F)c2)S(C)(=O)=O)s1. The van der Waals surface area contributed by atoms with Gasteiger partial charge in [-0.3, -0.25) is 14.4 Å². The van der Waals surface area contributed by atoms with E-state index in [0.29, 0.717) is 8.64 Å². The lowest BCUT2D eigenvalue weighted by Crippen LogP contribution is -2.45. The number of hydrogen-bond donors (Lipinski definition) is 1. The van der Waals surface area contributed by atoms with Crippen LogP contribution in [0, 0.1) is 11.6 Å². The minimum absolute atomic E-state index is 0.161. The molecule has 0 saturated heterocycles. The molecule has 0 saturated carbocycles. The third-order valence-electron chi connectivity index (χ3n) is 3.06. The number of nitrogens with one attached hydrogen (secondary N) is 1. The van der Waals surface area contributed by atoms with E-state index in [1.54, 1.807) is 6.26 Å². The van der Waals surface area contributed by atoms with E-state index in [1.165, 1.54) is 18.7 Å². The van der Waals surface area contributed by atoms with Crippen molar-refractivity contribution in [2.45, 2.75) is 17.3 Å². The summed E-state index contributed by atoms with van der Waals surface area (Å²) in [6, 6.07) is 1.38. The van der Waals surface area contributed by atoms with Gasteiger partial charge in [-0.1, -0.05) is 23.1 Å². The maximum absolute atomic E-state index is 13.5. The van der Waals surface area contributed by atoms with Crippen molar-refractivity contribution in [3.8, 4) is 0 Å². The smallest absolute Gasteiger partial charge is 0.249 e. The Morgan fingerprint density at radius 3 is 2.52 bits per heavy atom. The molecule has 0 bridgehead atoms. The molecule has 136 valence electrons. The molecule has 1 aromatic carbocycles. The standard InChI is InChI=1S/C13H14F2N4O3S3/c1-7(11(20)16-12-17-18-13(23-2)24-12)19(25(3,21)22)8-4-5-9(14)10(15)6-8/h4-7H,1-3H3,(H,16,17,20)/t7-/m1/s1. The minimum Gasteiger partial charge on any atom is -0.299 e. The number of hydrogen-bond acceptors (Lipinski definition) is 7. The normalized spacial score (nSPS) is 12.7. The summed E-state index contributed by atoms with van der Waals surface area (Å²) < 4.78 is 52.1. The van der Waals surface area contributed by atoms with Crippen LogP contribution in [0.5, 0.6) is 0 Å². The topological polar surface area (TPSA) is 92.3 Å². The fraction of sp³-hybridized carbons (Fsp3) is 0.308. The van der Waals surface area contributed by atoms with E-state index in [1.807, 2.05) is 0 Å². The van der Waals surface area contributed by atoms with Crippen molar-refractivity contribution in [1.29, 1.82) is 0 Å². The zero-order valence-electron chi connectivity index (χ0n) is 13.4. The molecule has 1 atom stereocenters. The first-order chi connectivity index (χ1) is 11.6. The van der Waals surface area contributed by atoms with Crippen molar-refractivity contribution < 1.29 is 22.0 Å². The predicted octanol–water partition coefficient (Wildman–Crippen LogP) is 2.33. The van der Waals surface area contributed by atoms with Crippen LogP contribution < -0.4 is 9.62 Å². The van der Waals surface area contributed by atoms with Crippen LogP contribution in [-0.4, -0.2) is 43.1 Å². The number of rotatable bonds is 6. The average molecular weight is 408 g/mol. The van der Waals surface area contributed by atoms with Crippen molar-refractivity contribution >= 4 is 49.8 Å². The summed E-state index contributed by atoms with van der Waals surface area (Å²) in [5.41, 5.74) is -0.161. The molecule has 0 unspecified atom stereocenters. The van der Waals surface area contributed by atoms with Gasteiger partial charge in [-0.05, 0) is 25.3 Å². The minimum atomic E-state index is -3.94. The zero-order chi connectivity index (χ0) is 18.8. The Labute approximate surface area is 151 Å². The maximum atomic E-state index is 13.5. The first-order valence-electron chi connectivity index (χ1n) is 6.76. The number of halogens is 2. The molecule has 2 aromatic rings. The molecule has 0 aliphatic heterocycles. The Hall–Kier alpha value is -1.79. The van der Waals surface area contributed by atoms with Gasteiger partial charge < -0.3 is 0 Å². The number of carbonyl (C=O) groups is 1. The van der Waals surface area contributed by atoms with E-state index in [9.17, 15) is 22.0 Å². The van der Waals surface area contributed by atoms with E-state index >= 15 is 0 Å². The third kappa shape index (κ3) is 4.64. The van der Waals surface area contributed by atoms with E-state index < -0.39 is 33.6 Å². The number of anilines is 2. The molecule has 0 fully saturated rings. The lowest BCUT2D eigenvalue weighted by molar-refractivity contribution is -0.116. The Bertz CT molecular complexity index is 888. The highest BCUT2D eigenvalue weighted by molar-refractivity contribution is 8.00. The van der Waals surface area contributed by atoms with E-state index in [0.717, 1.165) is 35.8 Å². The van der Waals surface area contributed by atoms with Crippen LogP contribution in [-0.2, 0) is 14.8 Å². The zero-order valence-corrected chi connectivity index (χ0v) is 15.8. The van der Waals surface area contributed by atoms with Crippen LogP contribution in [0.25, 0.3) is 0 Å². The molecule has 25 heavy (non-hydrogen) atoms. The van der Waals surface area contributed by atoms with Crippen molar-refractivity contribution in [3.63, 3.8) is 0 Å². The van der Waals surface area contributed by atoms with Gasteiger partial charge in [0.1, 0.15) is 6.04 Å². The highest BCUT2D eigenvalue weighted by Gasteiger charge is 2.30. The lowest BCUT2D eigenvalue weighted by atomic mass is 10.2. The summed E-state index contributed by atoms with van der Waals surface area (Å²) in [5.74, 6) is -3.01. The molecule has 0 aliphatic carbocycles. The average Bonchev–Trinajstić information content (AvgIpc) is 2.97. The first-order valence-corrected chi connectivity index (χ1v) is 10.6. The molecule has 7 nitrogen and oxygen atoms in total. The van der Waals surface area contributed by atoms with Crippen LogP contribution >= 0.6 is 23.1 Å². The third-order valence-corrected chi connectivity index (χ3v) is 6.11. The Kier molecular flexibility index (Phi) is 5.95. The van der Waals surface area contributed by atoms with Crippen LogP contribution in [0.15, 0.2) is 22.5 Å². The van der Waals surface area contributed by atoms with Gasteiger partial charge in [-0.25, -0.2) is 17.2 Å². The molecule has 0 spiro atoms. The van der Waals surface area contributed by atoms with Gasteiger partial charge in [-0.15, -0.1) is 10.2 Å². The van der Waals surface area contributed by atoms with Gasteiger partial charge in [0.25, 0.3) is 0 Å². The van der Waals surface area contributed by atoms with Gasteiger partial charge in [-0.2, -0.15) is 0 Å². The molecule has 1 N–H and O–H groups in total. The molecule has 1 heterocycles. The monoisotopic (exact) mass is 408 g/mol. The Balaban J connectivity index is 2.30. The van der Waals surface area contributed by atoms with Crippen LogP contribution in [0.2, 0.25) is 0 Å². The van der Waals surface area contributed by atoms with Crippen molar-refractivity contribution in [3.05, 3.63) is 29.8 Å². The van der Waals surface area contributed by atoms with Crippen molar-refractivity contribution in [1.82, 2.24) is 10.2 Å². The van der Waals surface area contributed by atoms with E-state index in [-0.39, 0.29) is 10.8 Å². The maximum Gasteiger partial charge on any atom is 0.249 e. The molecular formula is C13H14F2N4O3S3. The summed E-state index contributed by atoms with van der Waals surface area (Å²) in [6.45, 7) is 1.33. The highest BCUT2D eigenvalue weighted by atomic mass is 32.2. The second-order valence-electron chi connectivity index (χ2n) is 4.90. The van der Waals surface area contributed by atoms with Crippen LogP contribution in [0.1, 0.15) is 6.92 Å².